The molecule has 0 radical (unpaired) electrons. The van der Waals surface area contributed by atoms with Gasteiger partial charge in [0.25, 0.3) is 5.91 Å². The van der Waals surface area contributed by atoms with E-state index in [-0.39, 0.29) is 5.91 Å². The number of aromatic nitrogens is 2. The fourth-order valence-electron chi connectivity index (χ4n) is 2.20. The van der Waals surface area contributed by atoms with E-state index in [1.165, 1.54) is 11.3 Å². The van der Waals surface area contributed by atoms with E-state index >= 15 is 0 Å². The molecule has 0 fully saturated rings. The van der Waals surface area contributed by atoms with Crippen LogP contribution in [0.2, 0.25) is 0 Å². The molecule has 7 heteroatoms. The molecule has 0 spiro atoms. The minimum Gasteiger partial charge on any atom is -0.363 e. The van der Waals surface area contributed by atoms with Crippen LogP contribution >= 0.6 is 11.3 Å². The average Bonchev–Trinajstić information content (AvgIpc) is 3.11. The second kappa shape index (κ2) is 7.31. The molecule has 1 aromatic carbocycles. The zero-order chi connectivity index (χ0) is 17.8. The Labute approximate surface area is 150 Å². The van der Waals surface area contributed by atoms with Crippen LogP contribution in [0.25, 0.3) is 0 Å². The number of nitrogens with one attached hydrogen (secondary N) is 2. The van der Waals surface area contributed by atoms with Gasteiger partial charge in [-0.05, 0) is 42.6 Å². The molecule has 0 atom stereocenters. The van der Waals surface area contributed by atoms with Crippen LogP contribution in [-0.4, -0.2) is 30.0 Å². The van der Waals surface area contributed by atoms with Gasteiger partial charge >= 0.3 is 0 Å². The second-order valence-corrected chi connectivity index (χ2v) is 6.53. The first-order chi connectivity index (χ1) is 12.0. The maximum Gasteiger partial charge on any atom is 0.256 e. The predicted molar refractivity (Wildman–Crippen MR) is 103 cm³/mol. The first kappa shape index (κ1) is 16.9. The quantitative estimate of drug-likeness (QED) is 0.728. The summed E-state index contributed by atoms with van der Waals surface area (Å²) >= 11 is 1.50. The third-order valence-corrected chi connectivity index (χ3v) is 4.16. The first-order valence-corrected chi connectivity index (χ1v) is 8.69. The van der Waals surface area contributed by atoms with Crippen LogP contribution in [0.4, 0.5) is 23.1 Å². The molecule has 0 aliphatic heterocycles. The van der Waals surface area contributed by atoms with Crippen molar-refractivity contribution in [3.05, 3.63) is 58.4 Å². The number of carbonyl (C=O) groups excluding carboxylic acids is 1. The molecule has 0 aliphatic carbocycles. The number of rotatable bonds is 5. The van der Waals surface area contributed by atoms with Crippen molar-refractivity contribution in [3.8, 4) is 0 Å². The number of thiophene rings is 1. The number of anilines is 4. The van der Waals surface area contributed by atoms with E-state index in [2.05, 4.69) is 20.6 Å². The Hall–Kier alpha value is -2.93. The van der Waals surface area contributed by atoms with E-state index in [0.29, 0.717) is 11.5 Å². The summed E-state index contributed by atoms with van der Waals surface area (Å²) in [5, 5.41) is 9.76. The molecule has 0 aliphatic rings. The first-order valence-electron chi connectivity index (χ1n) is 7.75. The van der Waals surface area contributed by atoms with Gasteiger partial charge in [-0.15, -0.1) is 0 Å². The maximum absolute atomic E-state index is 12.0. The van der Waals surface area contributed by atoms with Crippen LogP contribution in [0, 0.1) is 6.92 Å². The van der Waals surface area contributed by atoms with Crippen molar-refractivity contribution < 1.29 is 4.79 Å². The summed E-state index contributed by atoms with van der Waals surface area (Å²) in [4.78, 5) is 22.8. The van der Waals surface area contributed by atoms with Crippen molar-refractivity contribution in [2.45, 2.75) is 6.92 Å². The van der Waals surface area contributed by atoms with Crippen molar-refractivity contribution in [3.63, 3.8) is 0 Å². The molecule has 0 saturated heterocycles. The third kappa shape index (κ3) is 4.33. The van der Waals surface area contributed by atoms with Crippen LogP contribution < -0.4 is 15.5 Å². The van der Waals surface area contributed by atoms with E-state index in [9.17, 15) is 4.79 Å². The van der Waals surface area contributed by atoms with E-state index < -0.39 is 0 Å². The van der Waals surface area contributed by atoms with Crippen LogP contribution in [-0.2, 0) is 0 Å². The standard InChI is InChI=1S/C18H19N5OS/c1-12-10-16(23(2)3)22-18(19-12)21-15-6-4-14(5-7-15)20-17(24)13-8-9-25-11-13/h4-11H,1-3H3,(H,20,24)(H,19,21,22). The summed E-state index contributed by atoms with van der Waals surface area (Å²) in [6.07, 6.45) is 0. The highest BCUT2D eigenvalue weighted by Gasteiger charge is 2.07. The largest absolute Gasteiger partial charge is 0.363 e. The summed E-state index contributed by atoms with van der Waals surface area (Å²) in [5.74, 6) is 1.27. The highest BCUT2D eigenvalue weighted by molar-refractivity contribution is 7.08. The van der Waals surface area contributed by atoms with Gasteiger partial charge in [0, 0.05) is 42.6 Å². The van der Waals surface area contributed by atoms with Gasteiger partial charge in [-0.1, -0.05) is 0 Å². The number of carbonyl (C=O) groups is 1. The second-order valence-electron chi connectivity index (χ2n) is 5.75. The Balaban J connectivity index is 1.70. The van der Waals surface area contributed by atoms with Crippen LogP contribution in [0.1, 0.15) is 16.1 Å². The molecule has 2 aromatic heterocycles. The lowest BCUT2D eigenvalue weighted by Crippen LogP contribution is -2.12. The zero-order valence-electron chi connectivity index (χ0n) is 14.3. The van der Waals surface area contributed by atoms with E-state index in [1.54, 1.807) is 6.07 Å². The predicted octanol–water partition coefficient (Wildman–Crippen LogP) is 3.91. The lowest BCUT2D eigenvalue weighted by atomic mass is 10.2. The number of hydrogen-bond acceptors (Lipinski definition) is 6. The van der Waals surface area contributed by atoms with Gasteiger partial charge in [0.1, 0.15) is 5.82 Å². The minimum absolute atomic E-state index is 0.111. The minimum atomic E-state index is -0.111. The zero-order valence-corrected chi connectivity index (χ0v) is 15.1. The van der Waals surface area contributed by atoms with Crippen molar-refractivity contribution in [2.75, 3.05) is 29.6 Å². The molecule has 2 N–H and O–H groups in total. The van der Waals surface area contributed by atoms with Crippen LogP contribution in [0.15, 0.2) is 47.2 Å². The number of amides is 1. The lowest BCUT2D eigenvalue weighted by Gasteiger charge is -2.14. The van der Waals surface area contributed by atoms with Gasteiger partial charge < -0.3 is 15.5 Å². The number of aryl methyl sites for hydroxylation is 1. The third-order valence-electron chi connectivity index (χ3n) is 3.48. The highest BCUT2D eigenvalue weighted by atomic mass is 32.1. The molecule has 6 nitrogen and oxygen atoms in total. The van der Waals surface area contributed by atoms with Gasteiger partial charge in [0.2, 0.25) is 5.95 Å². The molecular weight excluding hydrogens is 334 g/mol. The molecule has 0 unspecified atom stereocenters. The summed E-state index contributed by atoms with van der Waals surface area (Å²) in [5.41, 5.74) is 3.14. The number of benzene rings is 1. The average molecular weight is 353 g/mol. The maximum atomic E-state index is 12.0. The fraction of sp³-hybridized carbons (Fsp3) is 0.167. The summed E-state index contributed by atoms with van der Waals surface area (Å²) in [6, 6.07) is 11.2. The molecule has 1 amide bonds. The summed E-state index contributed by atoms with van der Waals surface area (Å²) in [6.45, 7) is 1.93. The van der Waals surface area contributed by atoms with Crippen molar-refractivity contribution >= 4 is 40.4 Å². The Kier molecular flexibility index (Phi) is 4.95. The van der Waals surface area contributed by atoms with E-state index in [0.717, 1.165) is 22.9 Å². The number of nitrogens with zero attached hydrogens (tertiary/aromatic N) is 3. The van der Waals surface area contributed by atoms with Gasteiger partial charge in [-0.25, -0.2) is 4.98 Å². The molecular formula is C18H19N5OS. The van der Waals surface area contributed by atoms with Crippen molar-refractivity contribution in [2.24, 2.45) is 0 Å². The normalized spacial score (nSPS) is 10.4. The molecule has 0 bridgehead atoms. The van der Waals surface area contributed by atoms with E-state index in [1.807, 2.05) is 67.0 Å². The van der Waals surface area contributed by atoms with Gasteiger partial charge in [-0.2, -0.15) is 16.3 Å². The van der Waals surface area contributed by atoms with Crippen molar-refractivity contribution in [1.29, 1.82) is 0 Å². The number of hydrogen-bond donors (Lipinski definition) is 2. The van der Waals surface area contributed by atoms with Crippen LogP contribution in [0.3, 0.4) is 0 Å². The molecule has 3 rings (SSSR count). The molecule has 2 heterocycles. The fourth-order valence-corrected chi connectivity index (χ4v) is 2.84. The Bertz CT molecular complexity index is 860. The lowest BCUT2D eigenvalue weighted by molar-refractivity contribution is 0.102. The Morgan fingerprint density at radius 2 is 1.80 bits per heavy atom. The Morgan fingerprint density at radius 1 is 1.08 bits per heavy atom. The van der Waals surface area contributed by atoms with Gasteiger partial charge in [0.15, 0.2) is 0 Å². The Morgan fingerprint density at radius 3 is 2.44 bits per heavy atom. The monoisotopic (exact) mass is 353 g/mol. The smallest absolute Gasteiger partial charge is 0.256 e. The molecule has 128 valence electrons. The topological polar surface area (TPSA) is 70.2 Å². The van der Waals surface area contributed by atoms with Gasteiger partial charge in [0.05, 0.1) is 5.56 Å². The molecule has 0 saturated carbocycles. The highest BCUT2D eigenvalue weighted by Crippen LogP contribution is 2.19. The van der Waals surface area contributed by atoms with Crippen molar-refractivity contribution in [1.82, 2.24) is 9.97 Å². The van der Waals surface area contributed by atoms with Crippen LogP contribution in [0.5, 0.6) is 0 Å². The summed E-state index contributed by atoms with van der Waals surface area (Å²) < 4.78 is 0. The van der Waals surface area contributed by atoms with Gasteiger partial charge in [-0.3, -0.25) is 4.79 Å². The SMILES string of the molecule is Cc1cc(N(C)C)nc(Nc2ccc(NC(=O)c3ccsc3)cc2)n1. The molecule has 3 aromatic rings. The summed E-state index contributed by atoms with van der Waals surface area (Å²) in [7, 11) is 3.88. The molecule has 25 heavy (non-hydrogen) atoms. The van der Waals surface area contributed by atoms with E-state index in [4.69, 9.17) is 0 Å².